The summed E-state index contributed by atoms with van der Waals surface area (Å²) < 4.78 is 5.58. The van der Waals surface area contributed by atoms with Gasteiger partial charge < -0.3 is 20.1 Å². The standard InChI is InChI=1S/C26H30N2O5/c1-3-23(24(29)28-13-16(2)12-17(14-28)25(30)31)27-26(32)33-15-22-20-10-6-4-8-18(20)19-9-5-7-11-21(19)22/h4-11,16-17,22-23H,3,12-15H2,1-2H3,(H,27,32)(H,30,31)/t16?,17?,23-/m1/s1. The third-order valence-electron chi connectivity index (χ3n) is 6.66. The molecule has 33 heavy (non-hydrogen) atoms. The minimum Gasteiger partial charge on any atom is -0.481 e. The van der Waals surface area contributed by atoms with Crippen molar-refractivity contribution in [2.75, 3.05) is 19.7 Å². The van der Waals surface area contributed by atoms with Crippen molar-refractivity contribution in [1.29, 1.82) is 0 Å². The van der Waals surface area contributed by atoms with Gasteiger partial charge in [-0.15, -0.1) is 0 Å². The molecule has 4 rings (SSSR count). The molecule has 0 radical (unpaired) electrons. The molecular formula is C26H30N2O5. The molecule has 2 N–H and O–H groups in total. The number of rotatable bonds is 6. The van der Waals surface area contributed by atoms with E-state index < -0.39 is 24.0 Å². The number of hydrogen-bond acceptors (Lipinski definition) is 4. The molecule has 2 unspecified atom stereocenters. The van der Waals surface area contributed by atoms with E-state index in [2.05, 4.69) is 29.6 Å². The second-order valence-corrected chi connectivity index (χ2v) is 9.05. The SMILES string of the molecule is CC[C@@H](NC(=O)OCC1c2ccccc2-c2ccccc21)C(=O)N1CC(C)CC(C(=O)O)C1. The second-order valence-electron chi connectivity index (χ2n) is 9.05. The number of piperidine rings is 1. The number of amides is 2. The number of nitrogens with zero attached hydrogens (tertiary/aromatic N) is 1. The van der Waals surface area contributed by atoms with E-state index in [9.17, 15) is 19.5 Å². The Morgan fingerprint density at radius 3 is 2.24 bits per heavy atom. The van der Waals surface area contributed by atoms with Crippen LogP contribution in [0.25, 0.3) is 11.1 Å². The predicted molar refractivity (Wildman–Crippen MR) is 124 cm³/mol. The molecule has 1 fully saturated rings. The lowest BCUT2D eigenvalue weighted by Crippen LogP contribution is -2.53. The fourth-order valence-electron chi connectivity index (χ4n) is 5.05. The van der Waals surface area contributed by atoms with Crippen LogP contribution in [0.5, 0.6) is 0 Å². The smallest absolute Gasteiger partial charge is 0.407 e. The minimum absolute atomic E-state index is 0.0572. The first-order valence-electron chi connectivity index (χ1n) is 11.5. The lowest BCUT2D eigenvalue weighted by molar-refractivity contribution is -0.147. The lowest BCUT2D eigenvalue weighted by Gasteiger charge is -2.36. The van der Waals surface area contributed by atoms with Crippen LogP contribution < -0.4 is 5.32 Å². The Morgan fingerprint density at radius 1 is 1.06 bits per heavy atom. The van der Waals surface area contributed by atoms with Gasteiger partial charge in [-0.3, -0.25) is 9.59 Å². The highest BCUT2D eigenvalue weighted by atomic mass is 16.5. The van der Waals surface area contributed by atoms with Crippen molar-refractivity contribution in [3.63, 3.8) is 0 Å². The summed E-state index contributed by atoms with van der Waals surface area (Å²) >= 11 is 0. The number of hydrogen-bond donors (Lipinski definition) is 2. The summed E-state index contributed by atoms with van der Waals surface area (Å²) in [6.45, 7) is 4.59. The minimum atomic E-state index is -0.892. The number of carbonyl (C=O) groups is 3. The Morgan fingerprint density at radius 2 is 1.67 bits per heavy atom. The molecule has 2 aromatic rings. The fraction of sp³-hybridized carbons (Fsp3) is 0.423. The maximum absolute atomic E-state index is 13.0. The molecule has 0 saturated carbocycles. The Kier molecular flexibility index (Phi) is 6.67. The molecule has 2 aromatic carbocycles. The van der Waals surface area contributed by atoms with Crippen LogP contribution in [0.15, 0.2) is 48.5 Å². The molecular weight excluding hydrogens is 420 g/mol. The number of alkyl carbamates (subject to hydrolysis) is 1. The molecule has 7 nitrogen and oxygen atoms in total. The zero-order valence-corrected chi connectivity index (χ0v) is 19.0. The molecule has 1 aliphatic heterocycles. The van der Waals surface area contributed by atoms with Crippen LogP contribution in [0.1, 0.15) is 43.7 Å². The van der Waals surface area contributed by atoms with Gasteiger partial charge in [0, 0.05) is 19.0 Å². The van der Waals surface area contributed by atoms with E-state index in [4.69, 9.17) is 4.74 Å². The Hall–Kier alpha value is -3.35. The zero-order valence-electron chi connectivity index (χ0n) is 19.0. The highest BCUT2D eigenvalue weighted by molar-refractivity contribution is 5.86. The van der Waals surface area contributed by atoms with Crippen molar-refractivity contribution in [2.45, 2.75) is 38.6 Å². The summed E-state index contributed by atoms with van der Waals surface area (Å²) in [7, 11) is 0. The number of likely N-dealkylation sites (tertiary alicyclic amines) is 1. The van der Waals surface area contributed by atoms with Crippen LogP contribution in [-0.4, -0.2) is 53.7 Å². The lowest BCUT2D eigenvalue weighted by atomic mass is 9.90. The van der Waals surface area contributed by atoms with Crippen LogP contribution in [0.4, 0.5) is 4.79 Å². The van der Waals surface area contributed by atoms with Gasteiger partial charge in [0.2, 0.25) is 5.91 Å². The quantitative estimate of drug-likeness (QED) is 0.697. The maximum atomic E-state index is 13.0. The Balaban J connectivity index is 1.39. The molecule has 0 bridgehead atoms. The summed E-state index contributed by atoms with van der Waals surface area (Å²) in [4.78, 5) is 38.7. The summed E-state index contributed by atoms with van der Waals surface area (Å²) in [5.74, 6) is -1.70. The van der Waals surface area contributed by atoms with Gasteiger partial charge in [0.1, 0.15) is 12.6 Å². The average molecular weight is 451 g/mol. The van der Waals surface area contributed by atoms with Gasteiger partial charge in [0.05, 0.1) is 5.92 Å². The summed E-state index contributed by atoms with van der Waals surface area (Å²) in [6, 6.07) is 15.5. The third-order valence-corrected chi connectivity index (χ3v) is 6.66. The monoisotopic (exact) mass is 450 g/mol. The molecule has 0 spiro atoms. The second kappa shape index (κ2) is 9.65. The van der Waals surface area contributed by atoms with E-state index in [-0.39, 0.29) is 30.9 Å². The highest BCUT2D eigenvalue weighted by Crippen LogP contribution is 2.44. The fourth-order valence-corrected chi connectivity index (χ4v) is 5.05. The highest BCUT2D eigenvalue weighted by Gasteiger charge is 2.35. The topological polar surface area (TPSA) is 95.9 Å². The van der Waals surface area contributed by atoms with Crippen molar-refractivity contribution < 1.29 is 24.2 Å². The molecule has 1 heterocycles. The van der Waals surface area contributed by atoms with E-state index in [1.807, 2.05) is 38.1 Å². The molecule has 0 aromatic heterocycles. The van der Waals surface area contributed by atoms with Crippen LogP contribution in [0.2, 0.25) is 0 Å². The van der Waals surface area contributed by atoms with Crippen molar-refractivity contribution >= 4 is 18.0 Å². The first kappa shape index (κ1) is 22.8. The molecule has 3 atom stereocenters. The van der Waals surface area contributed by atoms with E-state index in [0.717, 1.165) is 22.3 Å². The summed E-state index contributed by atoms with van der Waals surface area (Å²) in [5, 5.41) is 12.1. The molecule has 174 valence electrons. The van der Waals surface area contributed by atoms with E-state index in [1.165, 1.54) is 0 Å². The van der Waals surface area contributed by atoms with Crippen molar-refractivity contribution in [3.8, 4) is 11.1 Å². The predicted octanol–water partition coefficient (Wildman–Crippen LogP) is 3.87. The number of fused-ring (bicyclic) bond motifs is 3. The van der Waals surface area contributed by atoms with Gasteiger partial charge in [0.15, 0.2) is 0 Å². The number of ether oxygens (including phenoxy) is 1. The van der Waals surface area contributed by atoms with Gasteiger partial charge >= 0.3 is 12.1 Å². The number of aliphatic carboxylic acids is 1. The first-order valence-corrected chi connectivity index (χ1v) is 11.5. The van der Waals surface area contributed by atoms with Gasteiger partial charge in [-0.2, -0.15) is 0 Å². The van der Waals surface area contributed by atoms with E-state index in [0.29, 0.717) is 19.4 Å². The summed E-state index contributed by atoms with van der Waals surface area (Å²) in [5.41, 5.74) is 4.54. The van der Waals surface area contributed by atoms with E-state index >= 15 is 0 Å². The Bertz CT molecular complexity index is 1010. The number of benzene rings is 2. The van der Waals surface area contributed by atoms with Crippen molar-refractivity contribution in [2.24, 2.45) is 11.8 Å². The normalized spacial score (nSPS) is 20.5. The van der Waals surface area contributed by atoms with Crippen molar-refractivity contribution in [1.82, 2.24) is 10.2 Å². The van der Waals surface area contributed by atoms with Gasteiger partial charge in [-0.1, -0.05) is 62.4 Å². The van der Waals surface area contributed by atoms with Crippen LogP contribution in [0, 0.1) is 11.8 Å². The molecule has 1 aliphatic carbocycles. The molecule has 7 heteroatoms. The van der Waals surface area contributed by atoms with Gasteiger partial charge in [-0.25, -0.2) is 4.79 Å². The zero-order chi connectivity index (χ0) is 23.5. The largest absolute Gasteiger partial charge is 0.481 e. The molecule has 1 saturated heterocycles. The average Bonchev–Trinajstić information content (AvgIpc) is 3.14. The van der Waals surface area contributed by atoms with Crippen LogP contribution >= 0.6 is 0 Å². The first-order chi connectivity index (χ1) is 15.9. The van der Waals surface area contributed by atoms with E-state index in [1.54, 1.807) is 4.90 Å². The molecule has 2 aliphatic rings. The number of carboxylic acids is 1. The molecule has 2 amide bonds. The van der Waals surface area contributed by atoms with Crippen LogP contribution in [-0.2, 0) is 14.3 Å². The summed E-state index contributed by atoms with van der Waals surface area (Å²) in [6.07, 6.45) is 0.304. The van der Waals surface area contributed by atoms with Gasteiger partial charge in [-0.05, 0) is 41.0 Å². The van der Waals surface area contributed by atoms with Crippen molar-refractivity contribution in [3.05, 3.63) is 59.7 Å². The van der Waals surface area contributed by atoms with Gasteiger partial charge in [0.25, 0.3) is 0 Å². The van der Waals surface area contributed by atoms with Crippen LogP contribution in [0.3, 0.4) is 0 Å². The maximum Gasteiger partial charge on any atom is 0.407 e. The Labute approximate surface area is 193 Å². The third kappa shape index (κ3) is 4.72. The number of nitrogens with one attached hydrogen (secondary N) is 1. The number of carbonyl (C=O) groups excluding carboxylic acids is 2. The number of carboxylic acid groups (broad SMARTS) is 1.